The molecule has 1 amide bonds. The third-order valence-corrected chi connectivity index (χ3v) is 9.06. The molecule has 14 heteroatoms. The molecule has 1 aliphatic carbocycles. The third-order valence-electron chi connectivity index (χ3n) is 7.86. The van der Waals surface area contributed by atoms with E-state index in [0.29, 0.717) is 50.6 Å². The zero-order valence-corrected chi connectivity index (χ0v) is 24.2. The van der Waals surface area contributed by atoms with Crippen LogP contribution in [-0.4, -0.2) is 55.7 Å². The average molecular weight is 612 g/mol. The van der Waals surface area contributed by atoms with Crippen molar-refractivity contribution in [3.05, 3.63) is 72.7 Å². The third kappa shape index (κ3) is 5.07. The molecule has 1 saturated carbocycles. The van der Waals surface area contributed by atoms with Crippen LogP contribution in [0, 0.1) is 11.7 Å². The second-order valence-corrected chi connectivity index (χ2v) is 13.1. The second kappa shape index (κ2) is 10.6. The summed E-state index contributed by atoms with van der Waals surface area (Å²) in [4.78, 5) is 33.6. The summed E-state index contributed by atoms with van der Waals surface area (Å²) in [5, 5.41) is 9.75. The van der Waals surface area contributed by atoms with Gasteiger partial charge < -0.3 is 16.0 Å². The van der Waals surface area contributed by atoms with Gasteiger partial charge in [-0.15, -0.1) is 0 Å². The lowest BCUT2D eigenvalue weighted by Gasteiger charge is -2.24. The first-order valence-electron chi connectivity index (χ1n) is 13.8. The largest absolute Gasteiger partial charge is 0.335 e. The van der Waals surface area contributed by atoms with Gasteiger partial charge in [-0.1, -0.05) is 6.42 Å². The molecule has 1 atom stereocenters. The Balaban J connectivity index is 1.26. The van der Waals surface area contributed by atoms with E-state index in [4.69, 9.17) is 10.7 Å². The van der Waals surface area contributed by atoms with E-state index in [1.165, 1.54) is 18.3 Å². The minimum Gasteiger partial charge on any atom is -0.335 e. The number of sulfone groups is 1. The SMILES string of the molecule is CS(=O)(=O)C(N)c1cc(F)cc(-c2cncc3[nH]c(-c4n[nH]c5cnc(-c6cncc(NC(=O)C7CCC7)c6)cc45)nc23)c1. The van der Waals surface area contributed by atoms with Crippen LogP contribution in [0.2, 0.25) is 0 Å². The summed E-state index contributed by atoms with van der Waals surface area (Å²) in [6.45, 7) is 0. The number of nitrogens with one attached hydrogen (secondary N) is 3. The fourth-order valence-electron chi connectivity index (χ4n) is 5.25. The standard InChI is InChI=1S/C30H26FN9O3S/c1-44(42,43)28(32)17-5-16(6-19(31)7-17)22-12-34-13-25-26(22)38-29(37-25)27-21-9-23(35-14-24(21)39-40-27)18-8-20(11-33-10-18)36-30(41)15-3-2-4-15/h5-15,28H,2-4,32H2,1H3,(H,36,41)(H,37,38)(H,39,40). The Hall–Kier alpha value is -5.08. The van der Waals surface area contributed by atoms with Crippen molar-refractivity contribution in [2.24, 2.45) is 11.7 Å². The number of rotatable bonds is 7. The summed E-state index contributed by atoms with van der Waals surface area (Å²) in [7, 11) is -3.66. The first-order valence-corrected chi connectivity index (χ1v) is 15.8. The zero-order chi connectivity index (χ0) is 30.6. The lowest BCUT2D eigenvalue weighted by molar-refractivity contribution is -0.122. The van der Waals surface area contributed by atoms with Crippen LogP contribution in [-0.2, 0) is 14.6 Å². The van der Waals surface area contributed by atoms with Crippen molar-refractivity contribution in [2.75, 3.05) is 11.6 Å². The molecule has 0 saturated heterocycles. The van der Waals surface area contributed by atoms with E-state index in [0.717, 1.165) is 42.5 Å². The van der Waals surface area contributed by atoms with Crippen LogP contribution in [0.1, 0.15) is 30.2 Å². The number of imidazole rings is 1. The number of aromatic nitrogens is 7. The maximum Gasteiger partial charge on any atom is 0.227 e. The van der Waals surface area contributed by atoms with E-state index >= 15 is 0 Å². The van der Waals surface area contributed by atoms with Gasteiger partial charge in [0.05, 0.1) is 46.5 Å². The molecule has 0 bridgehead atoms. The maximum absolute atomic E-state index is 14.6. The Bertz CT molecular complexity index is 2190. The molecule has 0 aliphatic heterocycles. The summed E-state index contributed by atoms with van der Waals surface area (Å²) in [6, 6.07) is 7.61. The van der Waals surface area contributed by atoms with Crippen molar-refractivity contribution in [2.45, 2.75) is 24.6 Å². The summed E-state index contributed by atoms with van der Waals surface area (Å²) in [6.07, 6.45) is 12.0. The smallest absolute Gasteiger partial charge is 0.227 e. The van der Waals surface area contributed by atoms with E-state index < -0.39 is 21.0 Å². The summed E-state index contributed by atoms with van der Waals surface area (Å²) >= 11 is 0. The topological polar surface area (TPSA) is 185 Å². The number of carbonyl (C=O) groups excluding carboxylic acids is 1. The minimum absolute atomic E-state index is 0.00202. The van der Waals surface area contributed by atoms with Crippen molar-refractivity contribution in [3.8, 4) is 33.9 Å². The summed E-state index contributed by atoms with van der Waals surface area (Å²) in [5.74, 6) is -0.151. The monoisotopic (exact) mass is 611 g/mol. The molecule has 7 rings (SSSR count). The number of carbonyl (C=O) groups is 1. The van der Waals surface area contributed by atoms with Crippen molar-refractivity contribution < 1.29 is 17.6 Å². The van der Waals surface area contributed by atoms with Crippen LogP contribution in [0.4, 0.5) is 10.1 Å². The van der Waals surface area contributed by atoms with Gasteiger partial charge in [0.25, 0.3) is 0 Å². The fraction of sp³-hybridized carbons (Fsp3) is 0.200. The predicted octanol–water partition coefficient (Wildman–Crippen LogP) is 4.50. The highest BCUT2D eigenvalue weighted by atomic mass is 32.2. The zero-order valence-electron chi connectivity index (χ0n) is 23.4. The van der Waals surface area contributed by atoms with E-state index in [1.807, 2.05) is 12.1 Å². The molecule has 1 fully saturated rings. The lowest BCUT2D eigenvalue weighted by Crippen LogP contribution is -2.28. The summed E-state index contributed by atoms with van der Waals surface area (Å²) in [5.41, 5.74) is 11.1. The van der Waals surface area contributed by atoms with E-state index in [-0.39, 0.29) is 17.4 Å². The number of nitrogens with two attached hydrogens (primary N) is 1. The molecule has 0 spiro atoms. The highest BCUT2D eigenvalue weighted by molar-refractivity contribution is 7.90. The molecule has 5 heterocycles. The number of H-pyrrole nitrogens is 2. The molecule has 0 radical (unpaired) electrons. The lowest BCUT2D eigenvalue weighted by atomic mass is 9.85. The number of halogens is 1. The van der Waals surface area contributed by atoms with Gasteiger partial charge in [-0.25, -0.2) is 17.8 Å². The number of hydrogen-bond donors (Lipinski definition) is 4. The van der Waals surface area contributed by atoms with Crippen molar-refractivity contribution in [1.29, 1.82) is 0 Å². The number of aromatic amines is 2. The number of nitrogens with zero attached hydrogens (tertiary/aromatic N) is 5. The number of anilines is 1. The molecule has 44 heavy (non-hydrogen) atoms. The van der Waals surface area contributed by atoms with E-state index in [9.17, 15) is 17.6 Å². The van der Waals surface area contributed by atoms with Gasteiger partial charge in [-0.05, 0) is 54.3 Å². The molecule has 222 valence electrons. The van der Waals surface area contributed by atoms with Crippen LogP contribution in [0.5, 0.6) is 0 Å². The molecule has 1 aliphatic rings. The quantitative estimate of drug-likeness (QED) is 0.202. The van der Waals surface area contributed by atoms with Crippen LogP contribution in [0.25, 0.3) is 55.8 Å². The highest BCUT2D eigenvalue weighted by Gasteiger charge is 2.25. The van der Waals surface area contributed by atoms with Crippen LogP contribution in [0.15, 0.2) is 61.3 Å². The first kappa shape index (κ1) is 27.7. The second-order valence-electron chi connectivity index (χ2n) is 11.0. The molecule has 1 aromatic carbocycles. The molecule has 5 aromatic heterocycles. The average Bonchev–Trinajstić information content (AvgIpc) is 3.59. The Labute approximate surface area is 250 Å². The molecule has 12 nitrogen and oxygen atoms in total. The Morgan fingerprint density at radius 2 is 1.84 bits per heavy atom. The van der Waals surface area contributed by atoms with Gasteiger partial charge in [-0.2, -0.15) is 5.10 Å². The van der Waals surface area contributed by atoms with Gasteiger partial charge in [-0.3, -0.25) is 24.8 Å². The van der Waals surface area contributed by atoms with E-state index in [2.05, 4.69) is 35.5 Å². The maximum atomic E-state index is 14.6. The molecular formula is C30H26FN9O3S. The summed E-state index contributed by atoms with van der Waals surface area (Å²) < 4.78 is 38.7. The molecule has 1 unspecified atom stereocenters. The fourth-order valence-corrected chi connectivity index (χ4v) is 5.88. The van der Waals surface area contributed by atoms with Crippen LogP contribution < -0.4 is 11.1 Å². The Kier molecular flexibility index (Phi) is 6.66. The normalized spacial score (nSPS) is 14.5. The van der Waals surface area contributed by atoms with Crippen molar-refractivity contribution in [1.82, 2.24) is 35.1 Å². The van der Waals surface area contributed by atoms with Crippen molar-refractivity contribution in [3.63, 3.8) is 0 Å². The molecular weight excluding hydrogens is 585 g/mol. The van der Waals surface area contributed by atoms with Crippen LogP contribution in [0.3, 0.4) is 0 Å². The van der Waals surface area contributed by atoms with Gasteiger partial charge in [0, 0.05) is 41.1 Å². The molecule has 5 N–H and O–H groups in total. The predicted molar refractivity (Wildman–Crippen MR) is 163 cm³/mol. The number of amides is 1. The first-order chi connectivity index (χ1) is 21.1. The molecule has 6 aromatic rings. The van der Waals surface area contributed by atoms with Gasteiger partial charge in [0.1, 0.15) is 16.9 Å². The van der Waals surface area contributed by atoms with Gasteiger partial charge in [0.15, 0.2) is 15.7 Å². The van der Waals surface area contributed by atoms with Gasteiger partial charge >= 0.3 is 0 Å². The van der Waals surface area contributed by atoms with Crippen LogP contribution >= 0.6 is 0 Å². The number of hydrogen-bond acceptors (Lipinski definition) is 9. The Morgan fingerprint density at radius 1 is 1.02 bits per heavy atom. The van der Waals surface area contributed by atoms with Gasteiger partial charge in [0.2, 0.25) is 5.91 Å². The number of pyridine rings is 3. The Morgan fingerprint density at radius 3 is 2.61 bits per heavy atom. The van der Waals surface area contributed by atoms with E-state index in [1.54, 1.807) is 24.8 Å². The highest BCUT2D eigenvalue weighted by Crippen LogP contribution is 2.34. The minimum atomic E-state index is -3.66. The number of fused-ring (bicyclic) bond motifs is 2. The number of benzene rings is 1. The van der Waals surface area contributed by atoms with Crippen molar-refractivity contribution >= 4 is 43.4 Å².